The van der Waals surface area contributed by atoms with Crippen LogP contribution in [0.5, 0.6) is 0 Å². The monoisotopic (exact) mass is 254 g/mol. The molecule has 92 valence electrons. The fourth-order valence-electron chi connectivity index (χ4n) is 1.93. The minimum Gasteiger partial charge on any atom is -0.354 e. The molecule has 1 aromatic carbocycles. The minimum absolute atomic E-state index is 0.0658. The Bertz CT molecular complexity index is 539. The van der Waals surface area contributed by atoms with Gasteiger partial charge < -0.3 is 5.32 Å². The van der Waals surface area contributed by atoms with Crippen molar-refractivity contribution in [2.24, 2.45) is 5.14 Å². The van der Waals surface area contributed by atoms with Crippen molar-refractivity contribution in [2.45, 2.75) is 12.3 Å². The molecule has 0 bridgehead atoms. The maximum absolute atomic E-state index is 11.7. The van der Waals surface area contributed by atoms with Crippen LogP contribution in [0, 0.1) is 0 Å². The number of hydrogen-bond donors (Lipinski definition) is 2. The number of benzene rings is 1. The number of nitrogens with two attached hydrogens (primary N) is 1. The summed E-state index contributed by atoms with van der Waals surface area (Å²) in [5.41, 5.74) is 2.21. The molecule has 1 atom stereocenters. The zero-order valence-corrected chi connectivity index (χ0v) is 10.0. The van der Waals surface area contributed by atoms with E-state index < -0.39 is 10.0 Å². The van der Waals surface area contributed by atoms with Crippen molar-refractivity contribution in [1.82, 2.24) is 5.32 Å². The lowest BCUT2D eigenvalue weighted by Crippen LogP contribution is -2.38. The van der Waals surface area contributed by atoms with E-state index >= 15 is 0 Å². The number of sulfonamides is 1. The smallest absolute Gasteiger partial charge is 0.227 e. The molecule has 3 N–H and O–H groups in total. The zero-order valence-electron chi connectivity index (χ0n) is 9.22. The van der Waals surface area contributed by atoms with Crippen molar-refractivity contribution in [1.29, 1.82) is 0 Å². The predicted octanol–water partition coefficient (Wildman–Crippen LogP) is -0.269. The molecular weight excluding hydrogens is 240 g/mol. The number of amides is 1. The summed E-state index contributed by atoms with van der Waals surface area (Å²) in [4.78, 5) is 11.7. The summed E-state index contributed by atoms with van der Waals surface area (Å²) in [7, 11) is -3.51. The third-order valence-electron chi connectivity index (χ3n) is 2.86. The van der Waals surface area contributed by atoms with Gasteiger partial charge in [-0.25, -0.2) is 13.6 Å². The van der Waals surface area contributed by atoms with Crippen LogP contribution in [0.2, 0.25) is 0 Å². The fourth-order valence-corrected chi connectivity index (χ4v) is 2.32. The Labute approximate surface area is 100 Å². The van der Waals surface area contributed by atoms with E-state index in [0.717, 1.165) is 12.0 Å². The number of carbonyl (C=O) groups is 1. The van der Waals surface area contributed by atoms with Gasteiger partial charge in [0.15, 0.2) is 0 Å². The van der Waals surface area contributed by atoms with E-state index in [2.05, 4.69) is 5.32 Å². The van der Waals surface area contributed by atoms with Gasteiger partial charge in [0.05, 0.1) is 11.7 Å². The van der Waals surface area contributed by atoms with Crippen LogP contribution in [0.4, 0.5) is 0 Å². The molecule has 0 spiro atoms. The van der Waals surface area contributed by atoms with Crippen LogP contribution in [-0.2, 0) is 21.2 Å². The first-order valence-electron chi connectivity index (χ1n) is 5.33. The minimum atomic E-state index is -3.51. The second kappa shape index (κ2) is 4.46. The summed E-state index contributed by atoms with van der Waals surface area (Å²) in [6.45, 7) is 0.0658. The molecule has 1 aliphatic rings. The predicted molar refractivity (Wildman–Crippen MR) is 63.9 cm³/mol. The number of carbonyl (C=O) groups excluding carboxylic acids is 1. The highest BCUT2D eigenvalue weighted by Gasteiger charge is 2.31. The topological polar surface area (TPSA) is 89.3 Å². The van der Waals surface area contributed by atoms with E-state index in [-0.39, 0.29) is 24.1 Å². The first-order valence-corrected chi connectivity index (χ1v) is 7.05. The highest BCUT2D eigenvalue weighted by atomic mass is 32.2. The van der Waals surface area contributed by atoms with Gasteiger partial charge in [-0.15, -0.1) is 0 Å². The van der Waals surface area contributed by atoms with Crippen molar-refractivity contribution in [2.75, 3.05) is 12.3 Å². The van der Waals surface area contributed by atoms with Crippen LogP contribution in [0.1, 0.15) is 17.0 Å². The van der Waals surface area contributed by atoms with E-state index in [1.807, 2.05) is 24.3 Å². The Morgan fingerprint density at radius 1 is 1.41 bits per heavy atom. The van der Waals surface area contributed by atoms with Crippen LogP contribution in [-0.4, -0.2) is 26.6 Å². The third-order valence-corrected chi connectivity index (χ3v) is 3.63. The maximum Gasteiger partial charge on any atom is 0.227 e. The van der Waals surface area contributed by atoms with Gasteiger partial charge in [0.2, 0.25) is 15.9 Å². The van der Waals surface area contributed by atoms with E-state index in [0.29, 0.717) is 0 Å². The number of nitrogens with one attached hydrogen (secondary N) is 1. The van der Waals surface area contributed by atoms with Crippen molar-refractivity contribution < 1.29 is 13.2 Å². The largest absolute Gasteiger partial charge is 0.354 e. The second-order valence-electron chi connectivity index (χ2n) is 4.11. The molecule has 1 unspecified atom stereocenters. The van der Waals surface area contributed by atoms with Gasteiger partial charge in [0.25, 0.3) is 0 Å². The molecule has 17 heavy (non-hydrogen) atoms. The molecule has 0 heterocycles. The maximum atomic E-state index is 11.7. The molecule has 0 saturated carbocycles. The van der Waals surface area contributed by atoms with Gasteiger partial charge in [-0.05, 0) is 17.5 Å². The van der Waals surface area contributed by atoms with Crippen molar-refractivity contribution in [3.05, 3.63) is 35.4 Å². The quantitative estimate of drug-likeness (QED) is 0.775. The van der Waals surface area contributed by atoms with Crippen molar-refractivity contribution in [3.63, 3.8) is 0 Å². The molecule has 1 aromatic rings. The zero-order chi connectivity index (χ0) is 12.5. The van der Waals surface area contributed by atoms with Crippen LogP contribution in [0.15, 0.2) is 24.3 Å². The molecule has 0 aliphatic heterocycles. The van der Waals surface area contributed by atoms with Gasteiger partial charge in [-0.1, -0.05) is 24.3 Å². The van der Waals surface area contributed by atoms with E-state index in [4.69, 9.17) is 5.14 Å². The van der Waals surface area contributed by atoms with Crippen LogP contribution in [0.3, 0.4) is 0 Å². The molecule has 0 fully saturated rings. The number of hydrogen-bond acceptors (Lipinski definition) is 3. The lowest BCUT2D eigenvalue weighted by Gasteiger charge is -2.28. The van der Waals surface area contributed by atoms with Crippen LogP contribution in [0.25, 0.3) is 0 Å². The lowest BCUT2D eigenvalue weighted by molar-refractivity contribution is -0.122. The average Bonchev–Trinajstić information content (AvgIpc) is 2.18. The molecule has 0 radical (unpaired) electrons. The first kappa shape index (κ1) is 12.1. The SMILES string of the molecule is NS(=O)(=O)CCNC(=O)C1Cc2ccccc21. The van der Waals surface area contributed by atoms with E-state index in [1.54, 1.807) is 0 Å². The molecule has 0 saturated heterocycles. The summed E-state index contributed by atoms with van der Waals surface area (Å²) < 4.78 is 21.4. The van der Waals surface area contributed by atoms with Crippen molar-refractivity contribution in [3.8, 4) is 0 Å². The molecule has 1 amide bonds. The third kappa shape index (κ3) is 2.83. The van der Waals surface area contributed by atoms with E-state index in [1.165, 1.54) is 5.56 Å². The van der Waals surface area contributed by atoms with E-state index in [9.17, 15) is 13.2 Å². The highest BCUT2D eigenvalue weighted by molar-refractivity contribution is 7.89. The standard InChI is InChI=1S/C11H14N2O3S/c12-17(15,16)6-5-13-11(14)10-7-8-3-1-2-4-9(8)10/h1-4,10H,5-7H2,(H,13,14)(H2,12,15,16). The number of primary sulfonamides is 1. The summed E-state index contributed by atoms with van der Waals surface area (Å²) in [6, 6.07) is 7.74. The summed E-state index contributed by atoms with van der Waals surface area (Å²) in [5.74, 6) is -0.508. The number of rotatable bonds is 4. The van der Waals surface area contributed by atoms with Gasteiger partial charge in [0.1, 0.15) is 0 Å². The Kier molecular flexibility index (Phi) is 3.17. The van der Waals surface area contributed by atoms with Crippen LogP contribution >= 0.6 is 0 Å². The van der Waals surface area contributed by atoms with Gasteiger partial charge >= 0.3 is 0 Å². The second-order valence-corrected chi connectivity index (χ2v) is 5.85. The Balaban J connectivity index is 1.88. The normalized spacial score (nSPS) is 18.1. The number of fused-ring (bicyclic) bond motifs is 1. The fraction of sp³-hybridized carbons (Fsp3) is 0.364. The summed E-state index contributed by atoms with van der Waals surface area (Å²) in [5, 5.41) is 7.43. The molecule has 5 nitrogen and oxygen atoms in total. The average molecular weight is 254 g/mol. The van der Waals surface area contributed by atoms with Crippen LogP contribution < -0.4 is 10.5 Å². The Morgan fingerprint density at radius 2 is 2.12 bits per heavy atom. The summed E-state index contributed by atoms with van der Waals surface area (Å²) in [6.07, 6.45) is 0.720. The van der Waals surface area contributed by atoms with Gasteiger partial charge in [0, 0.05) is 6.54 Å². The molecule has 6 heteroatoms. The highest BCUT2D eigenvalue weighted by Crippen LogP contribution is 2.34. The van der Waals surface area contributed by atoms with Gasteiger partial charge in [-0.3, -0.25) is 4.79 Å². The lowest BCUT2D eigenvalue weighted by atomic mass is 9.77. The summed E-state index contributed by atoms with van der Waals surface area (Å²) >= 11 is 0. The molecule has 1 aliphatic carbocycles. The molecule has 2 rings (SSSR count). The molecule has 0 aromatic heterocycles. The Morgan fingerprint density at radius 3 is 2.76 bits per heavy atom. The van der Waals surface area contributed by atoms with Crippen molar-refractivity contribution >= 4 is 15.9 Å². The molecular formula is C11H14N2O3S. The van der Waals surface area contributed by atoms with Gasteiger partial charge in [-0.2, -0.15) is 0 Å². The first-order chi connectivity index (χ1) is 7.97. The Hall–Kier alpha value is -1.40.